The van der Waals surface area contributed by atoms with Crippen LogP contribution < -0.4 is 21.5 Å². The molecule has 5 heteroatoms. The molecule has 0 saturated carbocycles. The third kappa shape index (κ3) is 2.83. The molecule has 1 aromatic carbocycles. The van der Waals surface area contributed by atoms with E-state index in [9.17, 15) is 0 Å². The Morgan fingerprint density at radius 1 is 1.33 bits per heavy atom. The van der Waals surface area contributed by atoms with Crippen molar-refractivity contribution in [3.05, 3.63) is 30.3 Å². The Labute approximate surface area is 75.6 Å². The van der Waals surface area contributed by atoms with Gasteiger partial charge in [-0.2, -0.15) is 5.53 Å². The minimum atomic E-state index is 0.184. The van der Waals surface area contributed by atoms with Gasteiger partial charge in [0, 0.05) is 0 Å². The van der Waals surface area contributed by atoms with E-state index < -0.39 is 0 Å². The zero-order chi connectivity index (χ0) is 8.81. The van der Waals surface area contributed by atoms with Gasteiger partial charge in [0.1, 0.15) is 5.75 Å². The molecule has 1 aromatic rings. The third-order valence-electron chi connectivity index (χ3n) is 1.13. The zero-order valence-electron chi connectivity index (χ0n) is 6.28. The largest absolute Gasteiger partial charge is 0.431 e. The van der Waals surface area contributed by atoms with Crippen LogP contribution in [0.2, 0.25) is 0 Å². The van der Waals surface area contributed by atoms with E-state index in [1.807, 2.05) is 18.2 Å². The van der Waals surface area contributed by atoms with Crippen molar-refractivity contribution in [2.75, 3.05) is 0 Å². The Hall–Kier alpha value is -1.17. The second-order valence-electron chi connectivity index (χ2n) is 1.97. The second kappa shape index (κ2) is 4.66. The van der Waals surface area contributed by atoms with Gasteiger partial charge in [0.05, 0.1) is 0 Å². The fourth-order valence-electron chi connectivity index (χ4n) is 0.680. The maximum absolute atomic E-state index is 5.13. The van der Waals surface area contributed by atoms with E-state index in [0.717, 1.165) is 0 Å². The maximum Gasteiger partial charge on any atom is 0.277 e. The van der Waals surface area contributed by atoms with E-state index in [1.165, 1.54) is 0 Å². The zero-order valence-corrected chi connectivity index (χ0v) is 7.10. The van der Waals surface area contributed by atoms with Crippen LogP contribution in [0.1, 0.15) is 0 Å². The van der Waals surface area contributed by atoms with Crippen LogP contribution in [0, 0.1) is 0 Å². The summed E-state index contributed by atoms with van der Waals surface area (Å²) < 4.78 is 5.13. The van der Waals surface area contributed by atoms with E-state index in [4.69, 9.17) is 22.8 Å². The number of para-hydroxylation sites is 1. The van der Waals surface area contributed by atoms with Gasteiger partial charge in [0.15, 0.2) is 0 Å². The van der Waals surface area contributed by atoms with E-state index in [-0.39, 0.29) is 5.17 Å². The highest BCUT2D eigenvalue weighted by Crippen LogP contribution is 2.07. The van der Waals surface area contributed by atoms with E-state index in [0.29, 0.717) is 5.75 Å². The number of hydrazine groups is 2. The molecular weight excluding hydrogens is 174 g/mol. The van der Waals surface area contributed by atoms with E-state index >= 15 is 0 Å². The molecule has 0 radical (unpaired) electrons. The highest BCUT2D eigenvalue weighted by atomic mass is 32.1. The lowest BCUT2D eigenvalue weighted by Gasteiger charge is -2.06. The number of benzene rings is 1. The summed E-state index contributed by atoms with van der Waals surface area (Å²) in [5.74, 6) is 5.63. The number of rotatable bonds is 2. The lowest BCUT2D eigenvalue weighted by atomic mass is 10.3. The minimum Gasteiger partial charge on any atom is -0.431 e. The van der Waals surface area contributed by atoms with Gasteiger partial charge in [-0.25, -0.2) is 0 Å². The summed E-state index contributed by atoms with van der Waals surface area (Å²) in [4.78, 5) is 0. The monoisotopic (exact) mass is 183 g/mol. The molecule has 0 saturated heterocycles. The lowest BCUT2D eigenvalue weighted by Crippen LogP contribution is -2.43. The van der Waals surface area contributed by atoms with Crippen LogP contribution in [-0.2, 0) is 0 Å². The first-order valence-corrected chi connectivity index (χ1v) is 3.72. The van der Waals surface area contributed by atoms with Gasteiger partial charge in [-0.15, -0.1) is 0 Å². The molecule has 64 valence electrons. The van der Waals surface area contributed by atoms with Gasteiger partial charge in [-0.05, 0) is 24.4 Å². The molecule has 0 aromatic heterocycles. The Kier molecular flexibility index (Phi) is 3.46. The van der Waals surface area contributed by atoms with Crippen LogP contribution in [0.4, 0.5) is 0 Å². The average molecular weight is 183 g/mol. The quantitative estimate of drug-likeness (QED) is 0.350. The van der Waals surface area contributed by atoms with Crippen LogP contribution in [0.15, 0.2) is 30.3 Å². The topological polar surface area (TPSA) is 59.3 Å². The number of ether oxygens (including phenoxy) is 1. The highest BCUT2D eigenvalue weighted by molar-refractivity contribution is 7.80. The summed E-state index contributed by atoms with van der Waals surface area (Å²) in [7, 11) is 0. The van der Waals surface area contributed by atoms with Crippen LogP contribution in [-0.4, -0.2) is 5.17 Å². The molecule has 12 heavy (non-hydrogen) atoms. The number of nitrogens with one attached hydrogen (secondary N) is 2. The number of thiocarbonyl (C=S) groups is 1. The first-order chi connectivity index (χ1) is 5.83. The van der Waals surface area contributed by atoms with Gasteiger partial charge in [0.25, 0.3) is 5.17 Å². The molecule has 0 amide bonds. The normalized spacial score (nSPS) is 9.08. The molecule has 1 rings (SSSR count). The van der Waals surface area contributed by atoms with Crippen molar-refractivity contribution in [3.8, 4) is 5.75 Å². The summed E-state index contributed by atoms with van der Waals surface area (Å²) in [6.45, 7) is 0. The van der Waals surface area contributed by atoms with Crippen LogP contribution in [0.3, 0.4) is 0 Å². The van der Waals surface area contributed by atoms with Crippen molar-refractivity contribution in [1.82, 2.24) is 11.0 Å². The van der Waals surface area contributed by atoms with Gasteiger partial charge >= 0.3 is 0 Å². The molecule has 0 atom stereocenters. The molecule has 4 N–H and O–H groups in total. The van der Waals surface area contributed by atoms with Crippen LogP contribution in [0.5, 0.6) is 5.75 Å². The van der Waals surface area contributed by atoms with Gasteiger partial charge in [-0.1, -0.05) is 18.2 Å². The SMILES string of the molecule is NNNC(=S)Oc1ccccc1. The van der Waals surface area contributed by atoms with Crippen molar-refractivity contribution in [1.29, 1.82) is 0 Å². The molecule has 4 nitrogen and oxygen atoms in total. The van der Waals surface area contributed by atoms with Crippen molar-refractivity contribution in [2.45, 2.75) is 0 Å². The van der Waals surface area contributed by atoms with Crippen molar-refractivity contribution < 1.29 is 4.74 Å². The summed E-state index contributed by atoms with van der Waals surface area (Å²) >= 11 is 4.76. The van der Waals surface area contributed by atoms with Crippen molar-refractivity contribution in [2.24, 2.45) is 5.84 Å². The molecule has 0 aliphatic rings. The van der Waals surface area contributed by atoms with Gasteiger partial charge < -0.3 is 4.74 Å². The van der Waals surface area contributed by atoms with Gasteiger partial charge in [0.2, 0.25) is 0 Å². The molecule has 0 aliphatic carbocycles. The fraction of sp³-hybridized carbons (Fsp3) is 0. The summed E-state index contributed by atoms with van der Waals surface area (Å²) in [5, 5.41) is 0.184. The van der Waals surface area contributed by atoms with Crippen molar-refractivity contribution >= 4 is 17.4 Å². The Balaban J connectivity index is 2.47. The van der Waals surface area contributed by atoms with Gasteiger partial charge in [-0.3, -0.25) is 11.3 Å². The predicted octanol–water partition coefficient (Wildman–Crippen LogP) is 0.318. The number of hydrogen-bond donors (Lipinski definition) is 3. The smallest absolute Gasteiger partial charge is 0.277 e. The van der Waals surface area contributed by atoms with E-state index in [2.05, 4.69) is 11.0 Å². The summed E-state index contributed by atoms with van der Waals surface area (Å²) in [6, 6.07) is 9.20. The minimum absolute atomic E-state index is 0.184. The van der Waals surface area contributed by atoms with E-state index in [1.54, 1.807) is 12.1 Å². The fourth-order valence-corrected chi connectivity index (χ4v) is 0.835. The van der Waals surface area contributed by atoms with Crippen molar-refractivity contribution in [3.63, 3.8) is 0 Å². The first-order valence-electron chi connectivity index (χ1n) is 3.31. The van der Waals surface area contributed by atoms with Crippen LogP contribution in [0.25, 0.3) is 0 Å². The molecule has 0 aliphatic heterocycles. The summed E-state index contributed by atoms with van der Waals surface area (Å²) in [5.41, 5.74) is 4.60. The van der Waals surface area contributed by atoms with Crippen LogP contribution >= 0.6 is 12.2 Å². The first kappa shape index (κ1) is 8.92. The standard InChI is InChI=1S/C7H9N3OS/c8-10-9-7(12)11-6-4-2-1-3-5-6/h1-5,10H,8H2,(H,9,12). The maximum atomic E-state index is 5.13. The Bertz CT molecular complexity index is 252. The summed E-state index contributed by atoms with van der Waals surface area (Å²) in [6.07, 6.45) is 0. The predicted molar refractivity (Wildman–Crippen MR) is 50.1 cm³/mol. The molecule has 0 spiro atoms. The highest BCUT2D eigenvalue weighted by Gasteiger charge is 1.95. The molecule has 0 fully saturated rings. The molecule has 0 unspecified atom stereocenters. The second-order valence-corrected chi connectivity index (χ2v) is 2.34. The Morgan fingerprint density at radius 3 is 2.58 bits per heavy atom. The number of nitrogens with two attached hydrogens (primary N) is 1. The lowest BCUT2D eigenvalue weighted by molar-refractivity contribution is 0.507. The molecule has 0 bridgehead atoms. The Morgan fingerprint density at radius 2 is 2.00 bits per heavy atom. The third-order valence-corrected chi connectivity index (χ3v) is 1.31. The molecular formula is C7H9N3OS. The molecule has 0 heterocycles. The number of hydrogen-bond acceptors (Lipinski definition) is 4. The average Bonchev–Trinajstić information content (AvgIpc) is 2.06.